The SMILES string of the molecule is CC(C)(C)C(=O)CC(Sc1ccc(Cl)cc1)c1ccc(Cl)cc1Cl. The Labute approximate surface area is 162 Å². The highest BCUT2D eigenvalue weighted by Gasteiger charge is 2.27. The van der Waals surface area contributed by atoms with Crippen LogP contribution < -0.4 is 0 Å². The lowest BCUT2D eigenvalue weighted by Crippen LogP contribution is -2.21. The fourth-order valence-electron chi connectivity index (χ4n) is 2.13. The smallest absolute Gasteiger partial charge is 0.139 e. The van der Waals surface area contributed by atoms with Crippen molar-refractivity contribution in [1.29, 1.82) is 0 Å². The van der Waals surface area contributed by atoms with Crippen molar-refractivity contribution in [2.45, 2.75) is 37.3 Å². The summed E-state index contributed by atoms with van der Waals surface area (Å²) in [5, 5.41) is 1.77. The Hall–Kier alpha value is -0.670. The third-order valence-corrected chi connectivity index (χ3v) is 5.67. The first-order chi connectivity index (χ1) is 11.2. The van der Waals surface area contributed by atoms with E-state index in [0.717, 1.165) is 10.5 Å². The van der Waals surface area contributed by atoms with Crippen molar-refractivity contribution in [2.75, 3.05) is 0 Å². The largest absolute Gasteiger partial charge is 0.299 e. The fraction of sp³-hybridized carbons (Fsp3) is 0.316. The van der Waals surface area contributed by atoms with Gasteiger partial charge in [0.2, 0.25) is 0 Å². The highest BCUT2D eigenvalue weighted by atomic mass is 35.5. The van der Waals surface area contributed by atoms with E-state index >= 15 is 0 Å². The maximum Gasteiger partial charge on any atom is 0.139 e. The second-order valence-corrected chi connectivity index (χ2v) is 9.16. The molecule has 1 unspecified atom stereocenters. The van der Waals surface area contributed by atoms with E-state index in [4.69, 9.17) is 34.8 Å². The molecule has 5 heteroatoms. The topological polar surface area (TPSA) is 17.1 Å². The number of thioether (sulfide) groups is 1. The number of hydrogen-bond donors (Lipinski definition) is 0. The molecular formula is C19H19Cl3OS. The monoisotopic (exact) mass is 400 g/mol. The molecule has 2 aromatic rings. The van der Waals surface area contributed by atoms with Crippen LogP contribution in [0.4, 0.5) is 0 Å². The summed E-state index contributed by atoms with van der Waals surface area (Å²) >= 11 is 19.9. The molecule has 0 N–H and O–H groups in total. The van der Waals surface area contributed by atoms with Crippen LogP contribution in [0.2, 0.25) is 15.1 Å². The van der Waals surface area contributed by atoms with E-state index in [-0.39, 0.29) is 11.0 Å². The minimum Gasteiger partial charge on any atom is -0.299 e. The summed E-state index contributed by atoms with van der Waals surface area (Å²) in [4.78, 5) is 13.6. The van der Waals surface area contributed by atoms with Gasteiger partial charge in [0, 0.05) is 37.0 Å². The first kappa shape index (κ1) is 19.7. The van der Waals surface area contributed by atoms with Gasteiger partial charge in [-0.1, -0.05) is 61.6 Å². The van der Waals surface area contributed by atoms with Gasteiger partial charge in [-0.25, -0.2) is 0 Å². The molecule has 0 heterocycles. The molecule has 2 aromatic carbocycles. The molecule has 0 fully saturated rings. The van der Waals surface area contributed by atoms with Gasteiger partial charge in [-0.05, 0) is 42.0 Å². The lowest BCUT2D eigenvalue weighted by Gasteiger charge is -2.23. The standard InChI is InChI=1S/C19H19Cl3OS/c1-19(2,3)18(23)11-17(15-9-6-13(21)10-16(15)22)24-14-7-4-12(20)5-8-14/h4-10,17H,11H2,1-3H3. The van der Waals surface area contributed by atoms with Crippen molar-refractivity contribution < 1.29 is 4.79 Å². The molecule has 0 aliphatic carbocycles. The summed E-state index contributed by atoms with van der Waals surface area (Å²) in [6, 6.07) is 13.0. The van der Waals surface area contributed by atoms with Crippen LogP contribution in [-0.4, -0.2) is 5.78 Å². The number of Topliss-reactive ketones (excluding diaryl/α,β-unsaturated/α-hetero) is 1. The summed E-state index contributed by atoms with van der Waals surface area (Å²) in [7, 11) is 0. The minimum atomic E-state index is -0.391. The van der Waals surface area contributed by atoms with Crippen LogP contribution in [0.1, 0.15) is 38.0 Å². The molecule has 0 aromatic heterocycles. The number of ketones is 1. The van der Waals surface area contributed by atoms with Crippen LogP contribution in [0, 0.1) is 5.41 Å². The highest BCUT2D eigenvalue weighted by molar-refractivity contribution is 7.99. The molecule has 0 radical (unpaired) electrons. The van der Waals surface area contributed by atoms with E-state index in [1.54, 1.807) is 23.9 Å². The maximum absolute atomic E-state index is 12.6. The molecular weight excluding hydrogens is 383 g/mol. The van der Waals surface area contributed by atoms with E-state index in [1.165, 1.54) is 0 Å². The van der Waals surface area contributed by atoms with Crippen molar-refractivity contribution in [3.63, 3.8) is 0 Å². The predicted molar refractivity (Wildman–Crippen MR) is 106 cm³/mol. The van der Waals surface area contributed by atoms with E-state index in [2.05, 4.69) is 0 Å². The number of carbonyl (C=O) groups is 1. The summed E-state index contributed by atoms with van der Waals surface area (Å²) in [6.45, 7) is 5.80. The molecule has 1 atom stereocenters. The van der Waals surface area contributed by atoms with E-state index in [0.29, 0.717) is 21.5 Å². The maximum atomic E-state index is 12.6. The van der Waals surface area contributed by atoms with Gasteiger partial charge < -0.3 is 0 Å². The van der Waals surface area contributed by atoms with Crippen LogP contribution in [-0.2, 0) is 4.79 Å². The summed E-state index contributed by atoms with van der Waals surface area (Å²) in [5.41, 5.74) is 0.524. The zero-order chi connectivity index (χ0) is 17.9. The normalized spacial score (nSPS) is 12.9. The van der Waals surface area contributed by atoms with Crippen molar-refractivity contribution in [3.8, 4) is 0 Å². The van der Waals surface area contributed by atoms with E-state index < -0.39 is 5.41 Å². The lowest BCUT2D eigenvalue weighted by molar-refractivity contribution is -0.126. The molecule has 1 nitrogen and oxygen atoms in total. The molecule has 128 valence electrons. The first-order valence-electron chi connectivity index (χ1n) is 7.57. The fourth-order valence-corrected chi connectivity index (χ4v) is 4.05. The zero-order valence-corrected chi connectivity index (χ0v) is 16.9. The molecule has 0 saturated heterocycles. The van der Waals surface area contributed by atoms with Crippen LogP contribution >= 0.6 is 46.6 Å². The first-order valence-corrected chi connectivity index (χ1v) is 9.58. The van der Waals surface area contributed by atoms with Crippen molar-refractivity contribution in [1.82, 2.24) is 0 Å². The van der Waals surface area contributed by atoms with Gasteiger partial charge >= 0.3 is 0 Å². The van der Waals surface area contributed by atoms with Crippen LogP contribution in [0.25, 0.3) is 0 Å². The summed E-state index contributed by atoms with van der Waals surface area (Å²) < 4.78 is 0. The van der Waals surface area contributed by atoms with Gasteiger partial charge in [0.15, 0.2) is 0 Å². The minimum absolute atomic E-state index is 0.0809. The Morgan fingerprint density at radius 1 is 1.00 bits per heavy atom. The third kappa shape index (κ3) is 5.42. The molecule has 0 spiro atoms. The van der Waals surface area contributed by atoms with Crippen molar-refractivity contribution in [3.05, 3.63) is 63.1 Å². The van der Waals surface area contributed by atoms with Gasteiger partial charge in [-0.15, -0.1) is 11.8 Å². The molecule has 2 rings (SSSR count). The van der Waals surface area contributed by atoms with Gasteiger partial charge in [-0.3, -0.25) is 4.79 Å². The van der Waals surface area contributed by atoms with Gasteiger partial charge in [-0.2, -0.15) is 0 Å². The lowest BCUT2D eigenvalue weighted by atomic mass is 9.87. The molecule has 0 aliphatic heterocycles. The second-order valence-electron chi connectivity index (χ2n) is 6.60. The molecule has 0 saturated carbocycles. The van der Waals surface area contributed by atoms with Gasteiger partial charge in [0.25, 0.3) is 0 Å². The van der Waals surface area contributed by atoms with Crippen LogP contribution in [0.3, 0.4) is 0 Å². The Kier molecular flexibility index (Phi) is 6.66. The Balaban J connectivity index is 2.33. The van der Waals surface area contributed by atoms with Gasteiger partial charge in [0.1, 0.15) is 5.78 Å². The number of hydrogen-bond acceptors (Lipinski definition) is 2. The average molecular weight is 402 g/mol. The van der Waals surface area contributed by atoms with E-state index in [9.17, 15) is 4.79 Å². The molecule has 0 aliphatic rings. The Bertz CT molecular complexity index is 720. The Morgan fingerprint density at radius 3 is 2.12 bits per heavy atom. The van der Waals surface area contributed by atoms with E-state index in [1.807, 2.05) is 51.1 Å². The van der Waals surface area contributed by atoms with Crippen LogP contribution in [0.5, 0.6) is 0 Å². The zero-order valence-electron chi connectivity index (χ0n) is 13.8. The summed E-state index contributed by atoms with van der Waals surface area (Å²) in [6.07, 6.45) is 0.401. The summed E-state index contributed by atoms with van der Waals surface area (Å²) in [5.74, 6) is 0.194. The quantitative estimate of drug-likeness (QED) is 0.483. The molecule has 0 amide bonds. The molecule has 24 heavy (non-hydrogen) atoms. The highest BCUT2D eigenvalue weighted by Crippen LogP contribution is 2.43. The van der Waals surface area contributed by atoms with Crippen molar-refractivity contribution >= 4 is 52.3 Å². The number of halogens is 3. The Morgan fingerprint density at radius 2 is 1.58 bits per heavy atom. The molecule has 0 bridgehead atoms. The number of benzene rings is 2. The average Bonchev–Trinajstić information content (AvgIpc) is 2.48. The third-order valence-electron chi connectivity index (χ3n) is 3.61. The van der Waals surface area contributed by atoms with Crippen LogP contribution in [0.15, 0.2) is 47.4 Å². The predicted octanol–water partition coefficient (Wildman–Crippen LogP) is 7.49. The second kappa shape index (κ2) is 8.14. The van der Waals surface area contributed by atoms with Crippen molar-refractivity contribution in [2.24, 2.45) is 5.41 Å². The van der Waals surface area contributed by atoms with Gasteiger partial charge in [0.05, 0.1) is 0 Å². The number of carbonyl (C=O) groups excluding carboxylic acids is 1. The number of rotatable bonds is 5.